The van der Waals surface area contributed by atoms with Crippen molar-refractivity contribution in [3.8, 4) is 0 Å². The SMILES string of the molecule is C=C1CC[C@@H]2O[C@@]2(C)CC[C@H]2[C@H]1C[C@]2(C)[C@@]1(O)C=CC(C)(C)OO1. The minimum absolute atomic E-state index is 0.0239. The van der Waals surface area contributed by atoms with Crippen molar-refractivity contribution in [2.45, 2.75) is 82.9 Å². The molecule has 4 rings (SSSR count). The number of aliphatic hydroxyl groups is 1. The molecule has 0 bridgehead atoms. The maximum absolute atomic E-state index is 11.2. The summed E-state index contributed by atoms with van der Waals surface area (Å²) in [6.07, 6.45) is 9.13. The fourth-order valence-corrected chi connectivity index (χ4v) is 5.04. The molecule has 1 saturated heterocycles. The molecule has 2 saturated carbocycles. The van der Waals surface area contributed by atoms with Crippen LogP contribution in [0.25, 0.3) is 0 Å². The molecule has 2 heterocycles. The number of hydrogen-bond donors (Lipinski definition) is 1. The first-order valence-electron chi connectivity index (χ1n) is 9.24. The third-order valence-electron chi connectivity index (χ3n) is 7.10. The summed E-state index contributed by atoms with van der Waals surface area (Å²) < 4.78 is 5.93. The van der Waals surface area contributed by atoms with Gasteiger partial charge in [-0.1, -0.05) is 19.1 Å². The molecule has 0 aromatic rings. The lowest BCUT2D eigenvalue weighted by molar-refractivity contribution is -0.477. The van der Waals surface area contributed by atoms with Crippen molar-refractivity contribution in [1.29, 1.82) is 0 Å². The van der Waals surface area contributed by atoms with E-state index in [-0.39, 0.29) is 11.0 Å². The quantitative estimate of drug-likeness (QED) is 0.449. The summed E-state index contributed by atoms with van der Waals surface area (Å²) in [6.45, 7) is 12.5. The fourth-order valence-electron chi connectivity index (χ4n) is 5.04. The summed E-state index contributed by atoms with van der Waals surface area (Å²) in [5.41, 5.74) is 0.465. The van der Waals surface area contributed by atoms with Gasteiger partial charge < -0.3 is 9.84 Å². The molecular weight excluding hydrogens is 304 g/mol. The number of fused-ring (bicyclic) bond motifs is 2. The topological polar surface area (TPSA) is 51.2 Å². The zero-order chi connectivity index (χ0) is 17.4. The summed E-state index contributed by atoms with van der Waals surface area (Å²) >= 11 is 0. The zero-order valence-electron chi connectivity index (χ0n) is 15.3. The van der Waals surface area contributed by atoms with Gasteiger partial charge >= 0.3 is 0 Å². The van der Waals surface area contributed by atoms with Gasteiger partial charge in [0.1, 0.15) is 5.60 Å². The van der Waals surface area contributed by atoms with E-state index >= 15 is 0 Å². The van der Waals surface area contributed by atoms with Crippen LogP contribution in [-0.2, 0) is 14.5 Å². The summed E-state index contributed by atoms with van der Waals surface area (Å²) in [5.74, 6) is -0.570. The Labute approximate surface area is 144 Å². The van der Waals surface area contributed by atoms with Gasteiger partial charge in [-0.15, -0.1) is 0 Å². The van der Waals surface area contributed by atoms with Gasteiger partial charge in [0, 0.05) is 5.41 Å². The van der Waals surface area contributed by atoms with Crippen molar-refractivity contribution in [2.24, 2.45) is 17.3 Å². The van der Waals surface area contributed by atoms with E-state index in [0.29, 0.717) is 17.9 Å². The van der Waals surface area contributed by atoms with E-state index in [2.05, 4.69) is 20.4 Å². The van der Waals surface area contributed by atoms with Crippen molar-refractivity contribution in [3.63, 3.8) is 0 Å². The Balaban J connectivity index is 1.59. The molecule has 2 aliphatic carbocycles. The Morgan fingerprint density at radius 3 is 2.54 bits per heavy atom. The van der Waals surface area contributed by atoms with E-state index in [9.17, 15) is 5.11 Å². The minimum atomic E-state index is -1.37. The molecule has 1 N–H and O–H groups in total. The van der Waals surface area contributed by atoms with Gasteiger partial charge in [0.05, 0.1) is 11.7 Å². The molecule has 134 valence electrons. The highest BCUT2D eigenvalue weighted by Gasteiger charge is 2.65. The predicted octanol–water partition coefficient (Wildman–Crippen LogP) is 3.90. The van der Waals surface area contributed by atoms with Crippen molar-refractivity contribution < 1.29 is 19.6 Å². The molecule has 2 aliphatic heterocycles. The molecule has 4 aliphatic rings. The maximum Gasteiger partial charge on any atom is 0.224 e. The smallest absolute Gasteiger partial charge is 0.224 e. The first-order chi connectivity index (χ1) is 11.1. The molecule has 0 aromatic heterocycles. The van der Waals surface area contributed by atoms with Crippen molar-refractivity contribution in [1.82, 2.24) is 0 Å². The summed E-state index contributed by atoms with van der Waals surface area (Å²) in [5, 5.41) is 11.2. The van der Waals surface area contributed by atoms with Crippen LogP contribution in [0.1, 0.15) is 59.8 Å². The van der Waals surface area contributed by atoms with Gasteiger partial charge in [-0.3, -0.25) is 0 Å². The fraction of sp³-hybridized carbons (Fsp3) is 0.800. The number of ether oxygens (including phenoxy) is 1. The molecule has 0 aromatic carbocycles. The third-order valence-corrected chi connectivity index (χ3v) is 7.10. The van der Waals surface area contributed by atoms with Gasteiger partial charge in [-0.2, -0.15) is 4.89 Å². The lowest BCUT2D eigenvalue weighted by Crippen LogP contribution is -2.62. The van der Waals surface area contributed by atoms with E-state index in [4.69, 9.17) is 14.5 Å². The molecule has 4 nitrogen and oxygen atoms in total. The number of rotatable bonds is 1. The second-order valence-corrected chi connectivity index (χ2v) is 9.29. The van der Waals surface area contributed by atoms with Crippen LogP contribution in [0.15, 0.2) is 24.3 Å². The van der Waals surface area contributed by atoms with Crippen LogP contribution in [0.2, 0.25) is 0 Å². The second-order valence-electron chi connectivity index (χ2n) is 9.29. The molecule has 0 radical (unpaired) electrons. The molecular formula is C20H30O4. The van der Waals surface area contributed by atoms with Crippen molar-refractivity contribution in [2.75, 3.05) is 0 Å². The summed E-state index contributed by atoms with van der Waals surface area (Å²) in [7, 11) is 0. The van der Waals surface area contributed by atoms with Crippen molar-refractivity contribution in [3.05, 3.63) is 24.3 Å². The highest BCUT2D eigenvalue weighted by atomic mass is 17.2. The van der Waals surface area contributed by atoms with Crippen LogP contribution < -0.4 is 0 Å². The second kappa shape index (κ2) is 4.94. The lowest BCUT2D eigenvalue weighted by atomic mass is 9.48. The largest absolute Gasteiger partial charge is 0.366 e. The minimum Gasteiger partial charge on any atom is -0.366 e. The average Bonchev–Trinajstić information content (AvgIpc) is 3.14. The zero-order valence-corrected chi connectivity index (χ0v) is 15.3. The monoisotopic (exact) mass is 334 g/mol. The molecule has 0 spiro atoms. The number of hydrogen-bond acceptors (Lipinski definition) is 4. The molecule has 4 heteroatoms. The van der Waals surface area contributed by atoms with Crippen LogP contribution in [0.4, 0.5) is 0 Å². The maximum atomic E-state index is 11.2. The Morgan fingerprint density at radius 1 is 1.12 bits per heavy atom. The number of epoxide rings is 1. The Bertz CT molecular complexity index is 596. The van der Waals surface area contributed by atoms with E-state index < -0.39 is 11.4 Å². The number of allylic oxidation sites excluding steroid dienone is 1. The van der Waals surface area contributed by atoms with Gasteiger partial charge in [-0.25, -0.2) is 4.89 Å². The van der Waals surface area contributed by atoms with E-state index in [1.807, 2.05) is 19.9 Å². The van der Waals surface area contributed by atoms with Crippen LogP contribution in [-0.4, -0.2) is 28.2 Å². The standard InChI is InChI=1S/C20H30O4/c1-13-6-7-16-19(5,22-16)9-8-15-14(13)12-18(15,4)20(21)11-10-17(2,3)23-24-20/h10-11,14-16,21H,1,6-9,12H2,2-5H3/t14-,15-,16-,18-,19-,20+/m0/s1. The molecule has 24 heavy (non-hydrogen) atoms. The highest BCUT2D eigenvalue weighted by Crippen LogP contribution is 2.64. The van der Waals surface area contributed by atoms with E-state index in [0.717, 1.165) is 32.1 Å². The average molecular weight is 334 g/mol. The summed E-state index contributed by atoms with van der Waals surface area (Å²) in [6, 6.07) is 0. The first-order valence-corrected chi connectivity index (χ1v) is 9.24. The van der Waals surface area contributed by atoms with E-state index in [1.54, 1.807) is 6.08 Å². The molecule has 6 atom stereocenters. The Hall–Kier alpha value is -0.680. The van der Waals surface area contributed by atoms with Crippen LogP contribution in [0.3, 0.4) is 0 Å². The van der Waals surface area contributed by atoms with Crippen molar-refractivity contribution >= 4 is 0 Å². The van der Waals surface area contributed by atoms with Crippen LogP contribution in [0, 0.1) is 17.3 Å². The Kier molecular flexibility index (Phi) is 3.45. The van der Waals surface area contributed by atoms with Gasteiger partial charge in [-0.05, 0) is 76.9 Å². The summed E-state index contributed by atoms with van der Waals surface area (Å²) in [4.78, 5) is 11.0. The third kappa shape index (κ3) is 2.34. The van der Waals surface area contributed by atoms with E-state index in [1.165, 1.54) is 5.57 Å². The Morgan fingerprint density at radius 2 is 1.88 bits per heavy atom. The first kappa shape index (κ1) is 16.8. The normalized spacial score (nSPS) is 53.0. The molecule has 0 unspecified atom stereocenters. The van der Waals surface area contributed by atoms with Gasteiger partial charge in [0.15, 0.2) is 0 Å². The lowest BCUT2D eigenvalue weighted by Gasteiger charge is -2.60. The highest BCUT2D eigenvalue weighted by molar-refractivity contribution is 5.23. The van der Waals surface area contributed by atoms with Crippen LogP contribution >= 0.6 is 0 Å². The molecule has 3 fully saturated rings. The van der Waals surface area contributed by atoms with Gasteiger partial charge in [0.25, 0.3) is 0 Å². The molecule has 0 amide bonds. The van der Waals surface area contributed by atoms with Gasteiger partial charge in [0.2, 0.25) is 5.79 Å². The predicted molar refractivity (Wildman–Crippen MR) is 90.9 cm³/mol. The van der Waals surface area contributed by atoms with Crippen LogP contribution in [0.5, 0.6) is 0 Å².